The van der Waals surface area contributed by atoms with Crippen LogP contribution in [0.3, 0.4) is 0 Å². The molecule has 0 aliphatic heterocycles. The van der Waals surface area contributed by atoms with Crippen molar-refractivity contribution >= 4 is 24.6 Å². The maximum Gasteiger partial charge on any atom is 0.263 e. The van der Waals surface area contributed by atoms with Gasteiger partial charge in [0, 0.05) is 0 Å². The van der Waals surface area contributed by atoms with Gasteiger partial charge in [0.05, 0.1) is 6.42 Å². The average Bonchev–Trinajstić information content (AvgIpc) is 2.58. The van der Waals surface area contributed by atoms with Crippen LogP contribution in [0.1, 0.15) is 27.2 Å². The number of carbonyl (C=O) groups excluding carboxylic acids is 1. The SMILES string of the molecule is CC(C)(C)[Si](OC(CC(N)=O)C(F)F)(c1ccccc1)c1ccccc1. The van der Waals surface area contributed by atoms with Gasteiger partial charge < -0.3 is 10.2 Å². The van der Waals surface area contributed by atoms with Crippen molar-refractivity contribution in [3.63, 3.8) is 0 Å². The van der Waals surface area contributed by atoms with Crippen molar-refractivity contribution < 1.29 is 18.0 Å². The molecule has 0 heterocycles. The van der Waals surface area contributed by atoms with Gasteiger partial charge in [-0.25, -0.2) is 8.78 Å². The summed E-state index contributed by atoms with van der Waals surface area (Å²) in [4.78, 5) is 11.3. The van der Waals surface area contributed by atoms with E-state index in [4.69, 9.17) is 10.2 Å². The summed E-state index contributed by atoms with van der Waals surface area (Å²) in [6, 6.07) is 18.9. The zero-order valence-corrected chi connectivity index (χ0v) is 16.3. The molecular weight excluding hydrogens is 352 g/mol. The largest absolute Gasteiger partial charge is 0.398 e. The number of nitrogens with two attached hydrogens (primary N) is 1. The van der Waals surface area contributed by atoms with E-state index in [0.717, 1.165) is 10.4 Å². The third-order valence-electron chi connectivity index (χ3n) is 4.43. The lowest BCUT2D eigenvalue weighted by atomic mass is 10.2. The van der Waals surface area contributed by atoms with Gasteiger partial charge in [-0.05, 0) is 15.4 Å². The Kier molecular flexibility index (Phi) is 6.31. The molecule has 3 nitrogen and oxygen atoms in total. The lowest BCUT2D eigenvalue weighted by Gasteiger charge is -2.44. The summed E-state index contributed by atoms with van der Waals surface area (Å²) in [7, 11) is -3.13. The fourth-order valence-corrected chi connectivity index (χ4v) is 7.95. The van der Waals surface area contributed by atoms with E-state index in [9.17, 15) is 13.6 Å². The predicted molar refractivity (Wildman–Crippen MR) is 102 cm³/mol. The lowest BCUT2D eigenvalue weighted by molar-refractivity contribution is -0.122. The number of rotatable bonds is 7. The Morgan fingerprint density at radius 1 is 1.00 bits per heavy atom. The molecule has 2 aromatic rings. The first-order valence-corrected chi connectivity index (χ1v) is 10.4. The zero-order chi connectivity index (χ0) is 19.4. The van der Waals surface area contributed by atoms with E-state index in [1.165, 1.54) is 0 Å². The molecule has 1 amide bonds. The van der Waals surface area contributed by atoms with E-state index in [1.807, 2.05) is 81.4 Å². The van der Waals surface area contributed by atoms with Crippen LogP contribution in [0.5, 0.6) is 0 Å². The molecule has 140 valence electrons. The molecule has 0 aliphatic rings. The van der Waals surface area contributed by atoms with E-state index in [0.29, 0.717) is 0 Å². The summed E-state index contributed by atoms with van der Waals surface area (Å²) in [6.45, 7) is 5.98. The number of alkyl halides is 2. The van der Waals surface area contributed by atoms with Crippen molar-refractivity contribution in [2.75, 3.05) is 0 Å². The van der Waals surface area contributed by atoms with Crippen molar-refractivity contribution in [3.05, 3.63) is 60.7 Å². The van der Waals surface area contributed by atoms with Gasteiger partial charge in [-0.3, -0.25) is 4.79 Å². The Bertz CT molecular complexity index is 678. The van der Waals surface area contributed by atoms with Crippen LogP contribution in [-0.4, -0.2) is 26.8 Å². The van der Waals surface area contributed by atoms with Gasteiger partial charge >= 0.3 is 0 Å². The van der Waals surface area contributed by atoms with Gasteiger partial charge in [-0.1, -0.05) is 81.4 Å². The minimum atomic E-state index is -3.13. The summed E-state index contributed by atoms with van der Waals surface area (Å²) in [5, 5.41) is 1.32. The number of amides is 1. The van der Waals surface area contributed by atoms with E-state index in [1.54, 1.807) is 0 Å². The van der Waals surface area contributed by atoms with Crippen LogP contribution in [-0.2, 0) is 9.22 Å². The minimum absolute atomic E-state index is 0.444. The second-order valence-electron chi connectivity index (χ2n) is 7.32. The fraction of sp³-hybridized carbons (Fsp3) is 0.350. The summed E-state index contributed by atoms with van der Waals surface area (Å²) in [6.07, 6.45) is -4.86. The Balaban J connectivity index is 2.69. The van der Waals surface area contributed by atoms with Crippen LogP contribution in [0.4, 0.5) is 8.78 Å². The molecule has 0 aromatic heterocycles. The second kappa shape index (κ2) is 8.10. The molecule has 0 saturated carbocycles. The standard InChI is InChI=1S/C20H25F2NO2Si/c1-20(2,3)26(15-10-6-4-7-11-15,16-12-8-5-9-13-16)25-17(19(21)22)14-18(23)24/h4-13,17,19H,14H2,1-3H3,(H2,23,24). The molecule has 2 rings (SSSR count). The van der Waals surface area contributed by atoms with Crippen LogP contribution in [0.15, 0.2) is 60.7 Å². The highest BCUT2D eigenvalue weighted by molar-refractivity contribution is 6.99. The van der Waals surface area contributed by atoms with Crippen molar-refractivity contribution in [1.82, 2.24) is 0 Å². The highest BCUT2D eigenvalue weighted by Gasteiger charge is 2.52. The molecule has 1 atom stereocenters. The Morgan fingerprint density at radius 2 is 1.42 bits per heavy atom. The molecule has 6 heteroatoms. The first-order chi connectivity index (χ1) is 12.2. The zero-order valence-electron chi connectivity index (χ0n) is 15.3. The molecule has 2 N–H and O–H groups in total. The fourth-order valence-electron chi connectivity index (χ4n) is 3.30. The number of carbonyl (C=O) groups is 1. The van der Waals surface area contributed by atoms with Crippen LogP contribution >= 0.6 is 0 Å². The van der Waals surface area contributed by atoms with Crippen LogP contribution < -0.4 is 16.1 Å². The number of hydrogen-bond donors (Lipinski definition) is 1. The van der Waals surface area contributed by atoms with Crippen molar-refractivity contribution in [2.24, 2.45) is 5.73 Å². The van der Waals surface area contributed by atoms with Gasteiger partial charge in [0.15, 0.2) is 0 Å². The summed E-state index contributed by atoms with van der Waals surface area (Å²) in [5.41, 5.74) is 5.20. The van der Waals surface area contributed by atoms with E-state index < -0.39 is 38.2 Å². The molecule has 0 spiro atoms. The van der Waals surface area contributed by atoms with Gasteiger partial charge in [0.2, 0.25) is 5.91 Å². The molecule has 1 unspecified atom stereocenters. The highest BCUT2D eigenvalue weighted by Crippen LogP contribution is 2.38. The first kappa shape index (κ1) is 20.3. The number of hydrogen-bond acceptors (Lipinski definition) is 2. The lowest BCUT2D eigenvalue weighted by Crippen LogP contribution is -2.68. The quantitative estimate of drug-likeness (QED) is 0.754. The normalized spacial score (nSPS) is 13.6. The van der Waals surface area contributed by atoms with E-state index >= 15 is 0 Å². The van der Waals surface area contributed by atoms with Gasteiger partial charge in [0.25, 0.3) is 14.7 Å². The van der Waals surface area contributed by atoms with Crippen LogP contribution in [0, 0.1) is 0 Å². The molecule has 0 aliphatic carbocycles. The van der Waals surface area contributed by atoms with Crippen molar-refractivity contribution in [2.45, 2.75) is 44.8 Å². The molecule has 2 aromatic carbocycles. The smallest absolute Gasteiger partial charge is 0.263 e. The highest BCUT2D eigenvalue weighted by atomic mass is 28.4. The van der Waals surface area contributed by atoms with Gasteiger partial charge in [-0.2, -0.15) is 0 Å². The monoisotopic (exact) mass is 377 g/mol. The predicted octanol–water partition coefficient (Wildman–Crippen LogP) is 3.07. The topological polar surface area (TPSA) is 52.3 Å². The van der Waals surface area contributed by atoms with E-state index in [2.05, 4.69) is 0 Å². The molecule has 0 saturated heterocycles. The first-order valence-electron chi connectivity index (χ1n) is 8.54. The average molecular weight is 378 g/mol. The summed E-state index contributed by atoms with van der Waals surface area (Å²) in [5.74, 6) is -0.798. The second-order valence-corrected chi connectivity index (χ2v) is 11.6. The Morgan fingerprint density at radius 3 is 1.73 bits per heavy atom. The van der Waals surface area contributed by atoms with Crippen LogP contribution in [0.2, 0.25) is 5.04 Å². The maximum absolute atomic E-state index is 13.7. The van der Waals surface area contributed by atoms with Crippen LogP contribution in [0.25, 0.3) is 0 Å². The molecule has 0 bridgehead atoms. The summed E-state index contributed by atoms with van der Waals surface area (Å²) >= 11 is 0. The van der Waals surface area contributed by atoms with Crippen molar-refractivity contribution in [3.8, 4) is 0 Å². The number of halogens is 2. The van der Waals surface area contributed by atoms with Gasteiger partial charge in [-0.15, -0.1) is 0 Å². The van der Waals surface area contributed by atoms with E-state index in [-0.39, 0.29) is 0 Å². The maximum atomic E-state index is 13.7. The van der Waals surface area contributed by atoms with Crippen molar-refractivity contribution in [1.29, 1.82) is 0 Å². The number of primary amides is 1. The summed E-state index contributed by atoms with van der Waals surface area (Å²) < 4.78 is 33.6. The molecular formula is C20H25F2NO2Si. The molecule has 0 fully saturated rings. The third kappa shape index (κ3) is 4.19. The molecule has 0 radical (unpaired) electrons. The third-order valence-corrected chi connectivity index (χ3v) is 9.49. The number of benzene rings is 2. The Hall–Kier alpha value is -2.05. The minimum Gasteiger partial charge on any atom is -0.398 e. The Labute approximate surface area is 154 Å². The van der Waals surface area contributed by atoms with Gasteiger partial charge in [0.1, 0.15) is 6.10 Å². The molecule has 26 heavy (non-hydrogen) atoms.